The van der Waals surface area contributed by atoms with Crippen LogP contribution in [-0.4, -0.2) is 48.8 Å². The average Bonchev–Trinajstić information content (AvgIpc) is 2.58. The molecule has 1 N–H and O–H groups in total. The van der Waals surface area contributed by atoms with Gasteiger partial charge in [-0.2, -0.15) is 0 Å². The van der Waals surface area contributed by atoms with Crippen LogP contribution in [0.5, 0.6) is 0 Å². The van der Waals surface area contributed by atoms with Crippen LogP contribution in [0.15, 0.2) is 42.5 Å². The van der Waals surface area contributed by atoms with Crippen LogP contribution in [0.25, 0.3) is 0 Å². The van der Waals surface area contributed by atoms with Crippen LogP contribution >= 0.6 is 23.2 Å². The number of hydrogen-bond donors (Lipinski definition) is 1. The van der Waals surface area contributed by atoms with E-state index < -0.39 is 32.5 Å². The number of carbonyl (C=O) groups excluding carboxylic acids is 1. The second kappa shape index (κ2) is 8.78. The average molecular weight is 480 g/mol. The molecule has 29 heavy (non-hydrogen) atoms. The minimum atomic E-state index is -3.82. The Hall–Kier alpha value is -2.01. The van der Waals surface area contributed by atoms with Gasteiger partial charge in [-0.05, 0) is 36.4 Å². The van der Waals surface area contributed by atoms with E-state index in [9.17, 15) is 21.6 Å². The van der Waals surface area contributed by atoms with Gasteiger partial charge in [0, 0.05) is 17.8 Å². The largest absolute Gasteiger partial charge is 0.324 e. The molecule has 12 heteroatoms. The van der Waals surface area contributed by atoms with Crippen LogP contribution < -0.4 is 13.9 Å². The number of nitrogens with one attached hydrogen (secondary N) is 1. The van der Waals surface area contributed by atoms with Gasteiger partial charge in [0.25, 0.3) is 0 Å². The van der Waals surface area contributed by atoms with Gasteiger partial charge in [0.1, 0.15) is 6.54 Å². The molecule has 2 aromatic carbocycles. The number of benzene rings is 2. The van der Waals surface area contributed by atoms with Gasteiger partial charge in [0.05, 0.1) is 28.9 Å². The predicted octanol–water partition coefficient (Wildman–Crippen LogP) is 2.79. The molecule has 2 aromatic rings. The molecule has 0 heterocycles. The summed E-state index contributed by atoms with van der Waals surface area (Å²) in [4.78, 5) is 12.5. The normalized spacial score (nSPS) is 11.8. The Morgan fingerprint density at radius 3 is 2.21 bits per heavy atom. The van der Waals surface area contributed by atoms with Crippen LogP contribution in [-0.2, 0) is 24.8 Å². The number of sulfonamides is 2. The molecule has 0 bridgehead atoms. The lowest BCUT2D eigenvalue weighted by Crippen LogP contribution is -2.37. The number of rotatable bonds is 7. The van der Waals surface area contributed by atoms with Crippen LogP contribution in [0.4, 0.5) is 17.1 Å². The van der Waals surface area contributed by atoms with E-state index in [0.29, 0.717) is 16.4 Å². The third-order valence-corrected chi connectivity index (χ3v) is 6.73. The molecule has 0 saturated heterocycles. The number of halogens is 2. The summed E-state index contributed by atoms with van der Waals surface area (Å²) in [5.74, 6) is -0.638. The highest BCUT2D eigenvalue weighted by Gasteiger charge is 2.23. The van der Waals surface area contributed by atoms with E-state index in [-0.39, 0.29) is 10.7 Å². The number of hydrogen-bond acceptors (Lipinski definition) is 5. The minimum Gasteiger partial charge on any atom is -0.324 e. The van der Waals surface area contributed by atoms with E-state index in [2.05, 4.69) is 5.32 Å². The zero-order valence-corrected chi connectivity index (χ0v) is 18.9. The maximum absolute atomic E-state index is 12.5. The van der Waals surface area contributed by atoms with Gasteiger partial charge in [0.2, 0.25) is 26.0 Å². The summed E-state index contributed by atoms with van der Waals surface area (Å²) in [5, 5.41) is 2.96. The van der Waals surface area contributed by atoms with Gasteiger partial charge in [-0.15, -0.1) is 0 Å². The van der Waals surface area contributed by atoms with E-state index in [1.54, 1.807) is 18.2 Å². The van der Waals surface area contributed by atoms with Crippen molar-refractivity contribution in [1.82, 2.24) is 0 Å². The van der Waals surface area contributed by atoms with Gasteiger partial charge in [-0.1, -0.05) is 29.3 Å². The van der Waals surface area contributed by atoms with Gasteiger partial charge in [-0.25, -0.2) is 16.8 Å². The topological polar surface area (TPSA) is 104 Å². The first-order chi connectivity index (χ1) is 13.3. The Bertz CT molecular complexity index is 1140. The molecule has 0 aliphatic carbocycles. The van der Waals surface area contributed by atoms with Crippen molar-refractivity contribution in [2.24, 2.45) is 0 Å². The Kier molecular flexibility index (Phi) is 7.05. The second-order valence-electron chi connectivity index (χ2n) is 6.19. The van der Waals surface area contributed by atoms with E-state index >= 15 is 0 Å². The first-order valence-electron chi connectivity index (χ1n) is 8.05. The van der Waals surface area contributed by atoms with Crippen LogP contribution in [0.2, 0.25) is 10.0 Å². The summed E-state index contributed by atoms with van der Waals surface area (Å²) in [5.41, 5.74) is 0.754. The quantitative estimate of drug-likeness (QED) is 0.657. The maximum Gasteiger partial charge on any atom is 0.245 e. The Morgan fingerprint density at radius 1 is 1.00 bits per heavy atom. The van der Waals surface area contributed by atoms with Crippen LogP contribution in [0.3, 0.4) is 0 Å². The first-order valence-corrected chi connectivity index (χ1v) is 12.5. The highest BCUT2D eigenvalue weighted by molar-refractivity contribution is 7.92. The number of amides is 1. The standard InChI is InChI=1S/C17H19Cl2N3O5S2/c1-21(28(2,24)25)14-6-4-5-13(10-14)20-17(23)11-22(29(3,26)27)16-8-7-12(18)9-15(16)19/h4-10H,11H2,1-3H3,(H,20,23). The summed E-state index contributed by atoms with van der Waals surface area (Å²) in [6.45, 7) is -0.535. The van der Waals surface area contributed by atoms with Crippen molar-refractivity contribution in [1.29, 1.82) is 0 Å². The molecule has 158 valence electrons. The fourth-order valence-electron chi connectivity index (χ4n) is 2.37. The molecule has 0 aliphatic heterocycles. The van der Waals surface area contributed by atoms with E-state index in [0.717, 1.165) is 21.1 Å². The molecule has 0 radical (unpaired) electrons. The molecule has 0 aliphatic rings. The molecule has 0 aromatic heterocycles. The van der Waals surface area contributed by atoms with E-state index in [1.165, 1.54) is 31.3 Å². The highest BCUT2D eigenvalue weighted by atomic mass is 35.5. The third kappa shape index (κ3) is 6.23. The molecule has 0 spiro atoms. The zero-order valence-electron chi connectivity index (χ0n) is 15.8. The molecule has 2 rings (SSSR count). The van der Waals surface area contributed by atoms with Crippen molar-refractivity contribution in [3.05, 3.63) is 52.5 Å². The fourth-order valence-corrected chi connectivity index (χ4v) is 4.29. The van der Waals surface area contributed by atoms with Crippen molar-refractivity contribution in [3.8, 4) is 0 Å². The van der Waals surface area contributed by atoms with Crippen molar-refractivity contribution < 1.29 is 21.6 Å². The molecule has 0 atom stereocenters. The summed E-state index contributed by atoms with van der Waals surface area (Å²) in [6.07, 6.45) is 2.00. The van der Waals surface area contributed by atoms with Crippen molar-refractivity contribution in [2.75, 3.05) is 40.0 Å². The van der Waals surface area contributed by atoms with Crippen molar-refractivity contribution >= 4 is 66.2 Å². The minimum absolute atomic E-state index is 0.0764. The zero-order chi connectivity index (χ0) is 22.0. The van der Waals surface area contributed by atoms with Gasteiger partial charge >= 0.3 is 0 Å². The lowest BCUT2D eigenvalue weighted by molar-refractivity contribution is -0.114. The van der Waals surface area contributed by atoms with Crippen LogP contribution in [0, 0.1) is 0 Å². The molecule has 0 fully saturated rings. The first kappa shape index (κ1) is 23.3. The Morgan fingerprint density at radius 2 is 1.66 bits per heavy atom. The lowest BCUT2D eigenvalue weighted by atomic mass is 10.2. The van der Waals surface area contributed by atoms with E-state index in [1.807, 2.05) is 0 Å². The summed E-state index contributed by atoms with van der Waals surface area (Å²) in [6, 6.07) is 10.4. The summed E-state index contributed by atoms with van der Waals surface area (Å²) < 4.78 is 49.6. The Labute approximate surface area is 180 Å². The summed E-state index contributed by atoms with van der Waals surface area (Å²) >= 11 is 11.9. The van der Waals surface area contributed by atoms with Gasteiger partial charge in [0.15, 0.2) is 0 Å². The van der Waals surface area contributed by atoms with Crippen molar-refractivity contribution in [2.45, 2.75) is 0 Å². The molecular formula is C17H19Cl2N3O5S2. The monoisotopic (exact) mass is 479 g/mol. The molecule has 0 saturated carbocycles. The van der Waals surface area contributed by atoms with Gasteiger partial charge < -0.3 is 5.32 Å². The number of carbonyl (C=O) groups is 1. The molecule has 1 amide bonds. The molecule has 0 unspecified atom stereocenters. The number of nitrogens with zero attached hydrogens (tertiary/aromatic N) is 2. The van der Waals surface area contributed by atoms with Crippen LogP contribution in [0.1, 0.15) is 0 Å². The lowest BCUT2D eigenvalue weighted by Gasteiger charge is -2.23. The molecular weight excluding hydrogens is 461 g/mol. The third-order valence-electron chi connectivity index (χ3n) is 3.86. The molecule has 8 nitrogen and oxygen atoms in total. The van der Waals surface area contributed by atoms with Gasteiger partial charge in [-0.3, -0.25) is 13.4 Å². The van der Waals surface area contributed by atoms with E-state index in [4.69, 9.17) is 23.2 Å². The fraction of sp³-hybridized carbons (Fsp3) is 0.235. The predicted molar refractivity (Wildman–Crippen MR) is 117 cm³/mol. The number of anilines is 3. The Balaban J connectivity index is 2.26. The SMILES string of the molecule is CN(c1cccc(NC(=O)CN(c2ccc(Cl)cc2Cl)S(C)(=O)=O)c1)S(C)(=O)=O. The highest BCUT2D eigenvalue weighted by Crippen LogP contribution is 2.30. The summed E-state index contributed by atoms with van der Waals surface area (Å²) in [7, 11) is -5.92. The second-order valence-corrected chi connectivity index (χ2v) is 11.0. The smallest absolute Gasteiger partial charge is 0.245 e. The maximum atomic E-state index is 12.5. The van der Waals surface area contributed by atoms with Crippen molar-refractivity contribution in [3.63, 3.8) is 0 Å².